The molecule has 0 radical (unpaired) electrons. The summed E-state index contributed by atoms with van der Waals surface area (Å²) in [6.45, 7) is 3.91. The zero-order valence-corrected chi connectivity index (χ0v) is 10.1. The number of nitrogens with one attached hydrogen (secondary N) is 1. The van der Waals surface area contributed by atoms with Crippen LogP contribution in [0.4, 0.5) is 0 Å². The average molecular weight is 213 g/mol. The number of methoxy groups -OCH3 is 1. The summed E-state index contributed by atoms with van der Waals surface area (Å²) in [5.74, 6) is 0.579. The minimum atomic E-state index is 0.440. The summed E-state index contributed by atoms with van der Waals surface area (Å²) in [5.41, 5.74) is 1.40. The molecule has 3 heteroatoms. The van der Waals surface area contributed by atoms with Crippen molar-refractivity contribution in [2.45, 2.75) is 32.2 Å². The highest BCUT2D eigenvalue weighted by atomic mass is 16.5. The fraction of sp³-hybridized carbons (Fsp3) is 0.833. The summed E-state index contributed by atoms with van der Waals surface area (Å²) < 4.78 is 10.5. The number of hydrogen-bond donors (Lipinski definition) is 1. The van der Waals surface area contributed by atoms with Crippen LogP contribution in [-0.4, -0.2) is 33.4 Å². The number of likely N-dealkylation sites (N-methyl/N-ethyl adjacent to an activating group) is 1. The number of ether oxygens (including phenoxy) is 2. The van der Waals surface area contributed by atoms with E-state index >= 15 is 0 Å². The zero-order chi connectivity index (χ0) is 11.1. The van der Waals surface area contributed by atoms with Crippen molar-refractivity contribution in [3.05, 3.63) is 11.8 Å². The Labute approximate surface area is 92.8 Å². The lowest BCUT2D eigenvalue weighted by Crippen LogP contribution is -2.31. The van der Waals surface area contributed by atoms with Crippen molar-refractivity contribution in [1.29, 1.82) is 0 Å². The molecule has 88 valence electrons. The van der Waals surface area contributed by atoms with Crippen LogP contribution >= 0.6 is 0 Å². The third-order valence-corrected chi connectivity index (χ3v) is 2.85. The van der Waals surface area contributed by atoms with Crippen molar-refractivity contribution in [2.24, 2.45) is 5.92 Å². The second-order valence-corrected chi connectivity index (χ2v) is 4.30. The van der Waals surface area contributed by atoms with Crippen LogP contribution < -0.4 is 5.32 Å². The van der Waals surface area contributed by atoms with Crippen LogP contribution in [0.3, 0.4) is 0 Å². The van der Waals surface area contributed by atoms with Gasteiger partial charge in [0.25, 0.3) is 0 Å². The van der Waals surface area contributed by atoms with Gasteiger partial charge in [-0.15, -0.1) is 0 Å². The summed E-state index contributed by atoms with van der Waals surface area (Å²) >= 11 is 0. The molecule has 0 bridgehead atoms. The van der Waals surface area contributed by atoms with E-state index in [9.17, 15) is 0 Å². The topological polar surface area (TPSA) is 30.5 Å². The van der Waals surface area contributed by atoms with E-state index in [1.54, 1.807) is 7.11 Å². The Kier molecular flexibility index (Phi) is 5.73. The molecule has 2 unspecified atom stereocenters. The van der Waals surface area contributed by atoms with Crippen LogP contribution in [0.1, 0.15) is 26.2 Å². The second kappa shape index (κ2) is 6.85. The fourth-order valence-electron chi connectivity index (χ4n) is 2.05. The molecule has 0 aromatic heterocycles. The lowest BCUT2D eigenvalue weighted by molar-refractivity contribution is 0.150. The van der Waals surface area contributed by atoms with Crippen molar-refractivity contribution in [1.82, 2.24) is 5.32 Å². The van der Waals surface area contributed by atoms with Gasteiger partial charge in [0, 0.05) is 19.8 Å². The maximum atomic E-state index is 5.37. The minimum absolute atomic E-state index is 0.440. The van der Waals surface area contributed by atoms with Crippen LogP contribution in [-0.2, 0) is 9.47 Å². The molecule has 1 heterocycles. The van der Waals surface area contributed by atoms with Gasteiger partial charge >= 0.3 is 0 Å². The summed E-state index contributed by atoms with van der Waals surface area (Å²) in [5, 5.41) is 3.36. The van der Waals surface area contributed by atoms with E-state index in [0.717, 1.165) is 32.5 Å². The van der Waals surface area contributed by atoms with Crippen LogP contribution in [0, 0.1) is 5.92 Å². The van der Waals surface area contributed by atoms with Gasteiger partial charge in [-0.3, -0.25) is 0 Å². The molecule has 0 saturated carbocycles. The average Bonchev–Trinajstić information content (AvgIpc) is 2.27. The Bertz CT molecular complexity index is 204. The second-order valence-electron chi connectivity index (χ2n) is 4.30. The van der Waals surface area contributed by atoms with Gasteiger partial charge in [-0.25, -0.2) is 0 Å². The molecule has 0 amide bonds. The van der Waals surface area contributed by atoms with E-state index in [1.807, 2.05) is 13.3 Å². The number of hydrogen-bond acceptors (Lipinski definition) is 3. The molecule has 1 rings (SSSR count). The highest BCUT2D eigenvalue weighted by molar-refractivity contribution is 5.09. The summed E-state index contributed by atoms with van der Waals surface area (Å²) in [6.07, 6.45) is 5.34. The van der Waals surface area contributed by atoms with Crippen molar-refractivity contribution in [3.63, 3.8) is 0 Å². The van der Waals surface area contributed by atoms with E-state index in [2.05, 4.69) is 12.2 Å². The van der Waals surface area contributed by atoms with Crippen LogP contribution in [0.25, 0.3) is 0 Å². The van der Waals surface area contributed by atoms with Crippen molar-refractivity contribution in [3.8, 4) is 0 Å². The van der Waals surface area contributed by atoms with E-state index < -0.39 is 0 Å². The molecular formula is C12H23NO2. The molecular weight excluding hydrogens is 190 g/mol. The molecule has 0 aromatic rings. The largest absolute Gasteiger partial charge is 0.501 e. The van der Waals surface area contributed by atoms with Gasteiger partial charge in [-0.2, -0.15) is 0 Å². The maximum Gasteiger partial charge on any atom is 0.0876 e. The van der Waals surface area contributed by atoms with Gasteiger partial charge in [-0.1, -0.05) is 6.92 Å². The van der Waals surface area contributed by atoms with Gasteiger partial charge in [0.15, 0.2) is 0 Å². The highest BCUT2D eigenvalue weighted by Crippen LogP contribution is 2.20. The van der Waals surface area contributed by atoms with E-state index in [-0.39, 0.29) is 0 Å². The predicted molar refractivity (Wildman–Crippen MR) is 61.8 cm³/mol. The first-order valence-corrected chi connectivity index (χ1v) is 5.74. The predicted octanol–water partition coefficient (Wildman–Crippen LogP) is 1.94. The van der Waals surface area contributed by atoms with Crippen molar-refractivity contribution in [2.75, 3.05) is 27.4 Å². The normalized spacial score (nSPS) is 20.3. The Morgan fingerprint density at radius 3 is 2.93 bits per heavy atom. The van der Waals surface area contributed by atoms with E-state index in [0.29, 0.717) is 12.0 Å². The molecule has 0 spiro atoms. The molecule has 0 aliphatic carbocycles. The van der Waals surface area contributed by atoms with Gasteiger partial charge < -0.3 is 14.8 Å². The first kappa shape index (κ1) is 12.5. The molecule has 2 atom stereocenters. The molecule has 1 aliphatic rings. The first-order chi connectivity index (χ1) is 7.27. The third-order valence-electron chi connectivity index (χ3n) is 2.85. The molecule has 0 aromatic carbocycles. The zero-order valence-electron chi connectivity index (χ0n) is 10.1. The fourth-order valence-corrected chi connectivity index (χ4v) is 2.05. The first-order valence-electron chi connectivity index (χ1n) is 5.74. The Morgan fingerprint density at radius 2 is 2.40 bits per heavy atom. The molecule has 15 heavy (non-hydrogen) atoms. The number of rotatable bonds is 6. The third kappa shape index (κ3) is 4.22. The van der Waals surface area contributed by atoms with Gasteiger partial charge in [0.05, 0.1) is 12.9 Å². The van der Waals surface area contributed by atoms with E-state index in [4.69, 9.17) is 9.47 Å². The smallest absolute Gasteiger partial charge is 0.0876 e. The lowest BCUT2D eigenvalue weighted by atomic mass is 9.94. The summed E-state index contributed by atoms with van der Waals surface area (Å²) in [7, 11) is 3.77. The Morgan fingerprint density at radius 1 is 1.60 bits per heavy atom. The minimum Gasteiger partial charge on any atom is -0.501 e. The van der Waals surface area contributed by atoms with Crippen LogP contribution in [0.5, 0.6) is 0 Å². The Hall–Kier alpha value is -0.540. The van der Waals surface area contributed by atoms with Crippen molar-refractivity contribution >= 4 is 0 Å². The molecule has 3 nitrogen and oxygen atoms in total. The Balaban J connectivity index is 2.43. The lowest BCUT2D eigenvalue weighted by Gasteiger charge is -2.25. The van der Waals surface area contributed by atoms with Gasteiger partial charge in [0.2, 0.25) is 0 Å². The molecule has 1 aliphatic heterocycles. The summed E-state index contributed by atoms with van der Waals surface area (Å²) in [4.78, 5) is 0. The summed E-state index contributed by atoms with van der Waals surface area (Å²) in [6, 6.07) is 0.440. The van der Waals surface area contributed by atoms with Gasteiger partial charge in [0.1, 0.15) is 0 Å². The molecule has 1 N–H and O–H groups in total. The quantitative estimate of drug-likeness (QED) is 0.731. The SMILES string of the molecule is CNC(CC(C)COC)C1=COCCC1. The van der Waals surface area contributed by atoms with Crippen LogP contribution in [0.15, 0.2) is 11.8 Å². The van der Waals surface area contributed by atoms with E-state index in [1.165, 1.54) is 5.57 Å². The van der Waals surface area contributed by atoms with Gasteiger partial charge in [-0.05, 0) is 37.8 Å². The van der Waals surface area contributed by atoms with Crippen molar-refractivity contribution < 1.29 is 9.47 Å². The molecule has 0 fully saturated rings. The molecule has 0 saturated heterocycles. The highest BCUT2D eigenvalue weighted by Gasteiger charge is 2.17. The standard InChI is InChI=1S/C12H23NO2/c1-10(8-14-3)7-12(13-2)11-5-4-6-15-9-11/h9-10,12-13H,4-8H2,1-3H3. The monoisotopic (exact) mass is 213 g/mol. The van der Waals surface area contributed by atoms with Crippen LogP contribution in [0.2, 0.25) is 0 Å². The maximum absolute atomic E-state index is 5.37.